The summed E-state index contributed by atoms with van der Waals surface area (Å²) in [6.45, 7) is 2.94. The van der Waals surface area contributed by atoms with Crippen molar-refractivity contribution in [1.29, 1.82) is 0 Å². The van der Waals surface area contributed by atoms with Gasteiger partial charge in [-0.15, -0.1) is 0 Å². The molecule has 1 N–H and O–H groups in total. The summed E-state index contributed by atoms with van der Waals surface area (Å²) in [5.41, 5.74) is 1.83. The molecule has 0 saturated carbocycles. The van der Waals surface area contributed by atoms with E-state index in [2.05, 4.69) is 12.2 Å². The van der Waals surface area contributed by atoms with Crippen LogP contribution in [0.4, 0.5) is 0 Å². The van der Waals surface area contributed by atoms with Crippen molar-refractivity contribution >= 4 is 46.4 Å². The summed E-state index contributed by atoms with van der Waals surface area (Å²) in [6, 6.07) is 10.9. The average molecular weight is 363 g/mol. The molecule has 0 fully saturated rings. The van der Waals surface area contributed by atoms with Crippen LogP contribution in [0.3, 0.4) is 0 Å². The third kappa shape index (κ3) is 4.06. The summed E-state index contributed by atoms with van der Waals surface area (Å²) in [7, 11) is 0. The van der Waals surface area contributed by atoms with E-state index in [1.54, 1.807) is 6.07 Å². The molecule has 2 rings (SSSR count). The first kappa shape index (κ1) is 16.9. The standard InChI is InChI=1S/C16H15Cl4N/c1-2-8-21-16(10-6-7-11(17)14(20)9-10)15-12(18)4-3-5-13(15)19/h3-7,9,16,21H,2,8H2,1H3. The molecule has 2 aromatic carbocycles. The van der Waals surface area contributed by atoms with Crippen molar-refractivity contribution in [3.8, 4) is 0 Å². The van der Waals surface area contributed by atoms with E-state index in [1.807, 2.05) is 30.3 Å². The largest absolute Gasteiger partial charge is 0.306 e. The zero-order chi connectivity index (χ0) is 15.4. The molecule has 0 amide bonds. The van der Waals surface area contributed by atoms with Crippen LogP contribution >= 0.6 is 46.4 Å². The molecule has 1 atom stereocenters. The van der Waals surface area contributed by atoms with E-state index < -0.39 is 0 Å². The minimum Gasteiger partial charge on any atom is -0.306 e. The van der Waals surface area contributed by atoms with Crippen molar-refractivity contribution in [2.24, 2.45) is 0 Å². The molecule has 1 unspecified atom stereocenters. The zero-order valence-corrected chi connectivity index (χ0v) is 14.5. The lowest BCUT2D eigenvalue weighted by atomic mass is 9.98. The molecule has 0 aromatic heterocycles. The molecule has 0 aliphatic heterocycles. The Labute approximate surface area is 145 Å². The first-order valence-electron chi connectivity index (χ1n) is 6.66. The highest BCUT2D eigenvalue weighted by atomic mass is 35.5. The minimum atomic E-state index is -0.124. The molecule has 0 saturated heterocycles. The fourth-order valence-corrected chi connectivity index (χ4v) is 3.08. The van der Waals surface area contributed by atoms with Gasteiger partial charge < -0.3 is 5.32 Å². The van der Waals surface area contributed by atoms with Gasteiger partial charge in [0.1, 0.15) is 0 Å². The monoisotopic (exact) mass is 361 g/mol. The van der Waals surface area contributed by atoms with E-state index >= 15 is 0 Å². The molecule has 0 aliphatic carbocycles. The average Bonchev–Trinajstić information content (AvgIpc) is 2.45. The molecular formula is C16H15Cl4N. The summed E-state index contributed by atoms with van der Waals surface area (Å²) in [5.74, 6) is 0. The molecule has 2 aromatic rings. The van der Waals surface area contributed by atoms with E-state index in [0.717, 1.165) is 24.1 Å². The fourth-order valence-electron chi connectivity index (χ4n) is 2.15. The van der Waals surface area contributed by atoms with E-state index in [4.69, 9.17) is 46.4 Å². The lowest BCUT2D eigenvalue weighted by Gasteiger charge is -2.22. The van der Waals surface area contributed by atoms with Gasteiger partial charge in [-0.25, -0.2) is 0 Å². The molecule has 5 heteroatoms. The van der Waals surface area contributed by atoms with Crippen LogP contribution < -0.4 is 5.32 Å². The quantitative estimate of drug-likeness (QED) is 0.649. The smallest absolute Gasteiger partial charge is 0.0606 e. The Kier molecular flexibility index (Phi) is 6.21. The van der Waals surface area contributed by atoms with Crippen molar-refractivity contribution in [3.63, 3.8) is 0 Å². The number of rotatable bonds is 5. The number of nitrogens with one attached hydrogen (secondary N) is 1. The summed E-state index contributed by atoms with van der Waals surface area (Å²) in [4.78, 5) is 0. The Bertz CT molecular complexity index is 607. The van der Waals surface area contributed by atoms with E-state index in [9.17, 15) is 0 Å². The Balaban J connectivity index is 2.49. The molecule has 1 nitrogen and oxygen atoms in total. The molecule has 0 heterocycles. The predicted molar refractivity (Wildman–Crippen MR) is 93.1 cm³/mol. The number of halogens is 4. The first-order chi connectivity index (χ1) is 10.0. The molecule has 0 bridgehead atoms. The van der Waals surface area contributed by atoms with Crippen LogP contribution in [0.2, 0.25) is 20.1 Å². The maximum atomic E-state index is 6.34. The Morgan fingerprint density at radius 1 is 0.905 bits per heavy atom. The molecule has 112 valence electrons. The second kappa shape index (κ2) is 7.71. The second-order valence-corrected chi connectivity index (χ2v) is 6.32. The van der Waals surface area contributed by atoms with Gasteiger partial charge in [0.2, 0.25) is 0 Å². The predicted octanol–water partition coefficient (Wildman–Crippen LogP) is 6.39. The van der Waals surface area contributed by atoms with Crippen molar-refractivity contribution in [3.05, 3.63) is 67.6 Å². The topological polar surface area (TPSA) is 12.0 Å². The highest BCUT2D eigenvalue weighted by Crippen LogP contribution is 2.36. The van der Waals surface area contributed by atoms with Crippen LogP contribution in [-0.2, 0) is 0 Å². The van der Waals surface area contributed by atoms with Crippen LogP contribution in [0.25, 0.3) is 0 Å². The van der Waals surface area contributed by atoms with Gasteiger partial charge >= 0.3 is 0 Å². The molecule has 0 spiro atoms. The van der Waals surface area contributed by atoms with E-state index in [1.165, 1.54) is 0 Å². The fraction of sp³-hybridized carbons (Fsp3) is 0.250. The summed E-state index contributed by atoms with van der Waals surface area (Å²) >= 11 is 24.8. The van der Waals surface area contributed by atoms with Crippen molar-refractivity contribution in [2.45, 2.75) is 19.4 Å². The van der Waals surface area contributed by atoms with Crippen LogP contribution in [0.1, 0.15) is 30.5 Å². The Hall–Kier alpha value is -0.440. The van der Waals surface area contributed by atoms with E-state index in [-0.39, 0.29) is 6.04 Å². The highest BCUT2D eigenvalue weighted by Gasteiger charge is 2.20. The zero-order valence-electron chi connectivity index (χ0n) is 11.5. The van der Waals surface area contributed by atoms with Gasteiger partial charge in [-0.2, -0.15) is 0 Å². The van der Waals surface area contributed by atoms with Crippen LogP contribution in [0, 0.1) is 0 Å². The third-order valence-electron chi connectivity index (χ3n) is 3.16. The normalized spacial score (nSPS) is 12.4. The van der Waals surface area contributed by atoms with Gasteiger partial charge in [-0.05, 0) is 42.8 Å². The van der Waals surface area contributed by atoms with Gasteiger partial charge in [-0.3, -0.25) is 0 Å². The third-order valence-corrected chi connectivity index (χ3v) is 4.56. The highest BCUT2D eigenvalue weighted by molar-refractivity contribution is 6.42. The molecule has 21 heavy (non-hydrogen) atoms. The van der Waals surface area contributed by atoms with Crippen LogP contribution in [-0.4, -0.2) is 6.54 Å². The molecule has 0 radical (unpaired) electrons. The molecule has 0 aliphatic rings. The van der Waals surface area contributed by atoms with Crippen LogP contribution in [0.5, 0.6) is 0 Å². The maximum Gasteiger partial charge on any atom is 0.0606 e. The van der Waals surface area contributed by atoms with E-state index in [0.29, 0.717) is 20.1 Å². The number of hydrogen-bond acceptors (Lipinski definition) is 1. The SMILES string of the molecule is CCCNC(c1ccc(Cl)c(Cl)c1)c1c(Cl)cccc1Cl. The lowest BCUT2D eigenvalue weighted by molar-refractivity contribution is 0.599. The molecular weight excluding hydrogens is 348 g/mol. The Morgan fingerprint density at radius 2 is 1.57 bits per heavy atom. The van der Waals surface area contributed by atoms with Crippen molar-refractivity contribution in [1.82, 2.24) is 5.32 Å². The Morgan fingerprint density at radius 3 is 2.14 bits per heavy atom. The number of hydrogen-bond donors (Lipinski definition) is 1. The van der Waals surface area contributed by atoms with Crippen molar-refractivity contribution in [2.75, 3.05) is 6.54 Å². The number of benzene rings is 2. The summed E-state index contributed by atoms with van der Waals surface area (Å²) < 4.78 is 0. The minimum absolute atomic E-state index is 0.124. The maximum absolute atomic E-state index is 6.34. The summed E-state index contributed by atoms with van der Waals surface area (Å²) in [6.07, 6.45) is 1.000. The lowest BCUT2D eigenvalue weighted by Crippen LogP contribution is -2.23. The van der Waals surface area contributed by atoms with Gasteiger partial charge in [-0.1, -0.05) is 65.5 Å². The van der Waals surface area contributed by atoms with Gasteiger partial charge in [0.15, 0.2) is 0 Å². The van der Waals surface area contributed by atoms with Gasteiger partial charge in [0.05, 0.1) is 16.1 Å². The van der Waals surface area contributed by atoms with Crippen LogP contribution in [0.15, 0.2) is 36.4 Å². The van der Waals surface area contributed by atoms with Gasteiger partial charge in [0.25, 0.3) is 0 Å². The van der Waals surface area contributed by atoms with Crippen molar-refractivity contribution < 1.29 is 0 Å². The first-order valence-corrected chi connectivity index (χ1v) is 8.18. The second-order valence-electron chi connectivity index (χ2n) is 4.70. The van der Waals surface area contributed by atoms with Gasteiger partial charge in [0, 0.05) is 15.6 Å². The summed E-state index contributed by atoms with van der Waals surface area (Å²) in [5, 5.41) is 5.76.